The summed E-state index contributed by atoms with van der Waals surface area (Å²) in [6.07, 6.45) is 2.45. The molecule has 0 aromatic carbocycles. The molecule has 0 fully saturated rings. The van der Waals surface area contributed by atoms with Crippen molar-refractivity contribution in [2.75, 3.05) is 33.3 Å². The van der Waals surface area contributed by atoms with Crippen LogP contribution in [0.25, 0.3) is 0 Å². The van der Waals surface area contributed by atoms with E-state index in [4.69, 9.17) is 4.84 Å². The van der Waals surface area contributed by atoms with Crippen molar-refractivity contribution in [3.63, 3.8) is 0 Å². The Hall–Kier alpha value is -0.120. The van der Waals surface area contributed by atoms with E-state index in [0.29, 0.717) is 0 Å². The molecule has 0 aromatic rings. The van der Waals surface area contributed by atoms with E-state index in [0.717, 1.165) is 26.2 Å². The van der Waals surface area contributed by atoms with E-state index in [1.54, 1.807) is 0 Å². The number of hydrogen-bond acceptors (Lipinski definition) is 3. The van der Waals surface area contributed by atoms with Crippen molar-refractivity contribution in [1.29, 1.82) is 0 Å². The first-order valence-corrected chi connectivity index (χ1v) is 5.77. The maximum Gasteiger partial charge on any atom is 0.0656 e. The van der Waals surface area contributed by atoms with Gasteiger partial charge in [-0.05, 0) is 26.4 Å². The van der Waals surface area contributed by atoms with E-state index in [2.05, 4.69) is 26.1 Å². The zero-order valence-corrected chi connectivity index (χ0v) is 10.6. The van der Waals surface area contributed by atoms with E-state index in [1.807, 2.05) is 19.0 Å². The molecule has 1 N–H and O–H groups in total. The van der Waals surface area contributed by atoms with Gasteiger partial charge in [-0.25, -0.2) is 0 Å². The van der Waals surface area contributed by atoms with Gasteiger partial charge >= 0.3 is 0 Å². The van der Waals surface area contributed by atoms with Gasteiger partial charge in [0.2, 0.25) is 0 Å². The first kappa shape index (κ1) is 16.3. The van der Waals surface area contributed by atoms with Crippen LogP contribution < -0.4 is 5.32 Å². The smallest absolute Gasteiger partial charge is 0.0656 e. The van der Waals surface area contributed by atoms with Crippen LogP contribution in [0.4, 0.5) is 0 Å². The average molecular weight is 204 g/mol. The molecule has 0 aromatic heterocycles. The predicted molar refractivity (Wildman–Crippen MR) is 63.4 cm³/mol. The SMILES string of the molecule is CCCCN(C)OCC.CCNCC. The lowest BCUT2D eigenvalue weighted by Gasteiger charge is -2.13. The minimum Gasteiger partial charge on any atom is -0.317 e. The molecule has 0 unspecified atom stereocenters. The Labute approximate surface area is 89.8 Å². The van der Waals surface area contributed by atoms with Gasteiger partial charge in [0.15, 0.2) is 0 Å². The lowest BCUT2D eigenvalue weighted by molar-refractivity contribution is -0.134. The summed E-state index contributed by atoms with van der Waals surface area (Å²) in [5.41, 5.74) is 0. The molecule has 3 heteroatoms. The van der Waals surface area contributed by atoms with Gasteiger partial charge in [0, 0.05) is 13.6 Å². The van der Waals surface area contributed by atoms with Gasteiger partial charge in [-0.2, -0.15) is 5.06 Å². The minimum absolute atomic E-state index is 0.778. The molecule has 0 saturated heterocycles. The number of nitrogens with one attached hydrogen (secondary N) is 1. The summed E-state index contributed by atoms with van der Waals surface area (Å²) in [5, 5.41) is 5.00. The summed E-state index contributed by atoms with van der Waals surface area (Å²) in [7, 11) is 1.97. The fourth-order valence-electron chi connectivity index (χ4n) is 0.916. The molecular formula is C11H28N2O. The predicted octanol–water partition coefficient (Wildman–Crippen LogP) is 2.29. The van der Waals surface area contributed by atoms with Crippen LogP contribution in [0.1, 0.15) is 40.5 Å². The minimum atomic E-state index is 0.778. The molecule has 0 atom stereocenters. The van der Waals surface area contributed by atoms with E-state index in [-0.39, 0.29) is 0 Å². The highest BCUT2D eigenvalue weighted by atomic mass is 16.7. The second kappa shape index (κ2) is 15.4. The van der Waals surface area contributed by atoms with Crippen molar-refractivity contribution in [3.8, 4) is 0 Å². The van der Waals surface area contributed by atoms with E-state index < -0.39 is 0 Å². The Kier molecular flexibility index (Phi) is 17.9. The number of rotatable bonds is 7. The first-order valence-electron chi connectivity index (χ1n) is 5.77. The van der Waals surface area contributed by atoms with E-state index in [9.17, 15) is 0 Å². The Morgan fingerprint density at radius 3 is 1.93 bits per heavy atom. The van der Waals surface area contributed by atoms with Crippen LogP contribution >= 0.6 is 0 Å². The summed E-state index contributed by atoms with van der Waals surface area (Å²) in [6, 6.07) is 0. The molecule has 0 spiro atoms. The van der Waals surface area contributed by atoms with Crippen molar-refractivity contribution < 1.29 is 4.84 Å². The number of unbranched alkanes of at least 4 members (excludes halogenated alkanes) is 1. The van der Waals surface area contributed by atoms with Gasteiger partial charge < -0.3 is 5.32 Å². The van der Waals surface area contributed by atoms with Crippen molar-refractivity contribution >= 4 is 0 Å². The molecule has 0 aliphatic heterocycles. The van der Waals surface area contributed by atoms with Crippen molar-refractivity contribution in [3.05, 3.63) is 0 Å². The van der Waals surface area contributed by atoms with Crippen LogP contribution in [0.15, 0.2) is 0 Å². The van der Waals surface area contributed by atoms with Crippen LogP contribution in [0, 0.1) is 0 Å². The molecule has 0 amide bonds. The molecule has 0 aliphatic carbocycles. The molecule has 14 heavy (non-hydrogen) atoms. The average Bonchev–Trinajstić information content (AvgIpc) is 2.17. The Bertz CT molecular complexity index is 87.4. The highest BCUT2D eigenvalue weighted by Gasteiger charge is 1.92. The zero-order chi connectivity index (χ0) is 11.2. The summed E-state index contributed by atoms with van der Waals surface area (Å²) in [6.45, 7) is 12.4. The maximum absolute atomic E-state index is 5.18. The van der Waals surface area contributed by atoms with E-state index >= 15 is 0 Å². The summed E-state index contributed by atoms with van der Waals surface area (Å²) >= 11 is 0. The summed E-state index contributed by atoms with van der Waals surface area (Å²) < 4.78 is 0. The van der Waals surface area contributed by atoms with Crippen molar-refractivity contribution in [1.82, 2.24) is 10.4 Å². The fraction of sp³-hybridized carbons (Fsp3) is 1.00. The van der Waals surface area contributed by atoms with Crippen LogP contribution in [0.3, 0.4) is 0 Å². The molecule has 0 radical (unpaired) electrons. The normalized spacial score (nSPS) is 9.86. The van der Waals surface area contributed by atoms with Gasteiger partial charge in [0.1, 0.15) is 0 Å². The first-order chi connectivity index (χ1) is 6.72. The van der Waals surface area contributed by atoms with Crippen molar-refractivity contribution in [2.24, 2.45) is 0 Å². The number of nitrogens with zero attached hydrogens (tertiary/aromatic N) is 1. The highest BCUT2D eigenvalue weighted by Crippen LogP contribution is 1.91. The maximum atomic E-state index is 5.18. The van der Waals surface area contributed by atoms with E-state index in [1.165, 1.54) is 12.8 Å². The molecule has 0 aliphatic rings. The lowest BCUT2D eigenvalue weighted by Crippen LogP contribution is -2.19. The Morgan fingerprint density at radius 1 is 1.07 bits per heavy atom. The number of hydroxylamine groups is 2. The quantitative estimate of drug-likeness (QED) is 0.644. The van der Waals surface area contributed by atoms with Crippen LogP contribution in [0.2, 0.25) is 0 Å². The molecule has 0 bridgehead atoms. The van der Waals surface area contributed by atoms with Gasteiger partial charge in [0.25, 0.3) is 0 Å². The van der Waals surface area contributed by atoms with Gasteiger partial charge in [-0.3, -0.25) is 4.84 Å². The third-order valence-corrected chi connectivity index (χ3v) is 1.68. The van der Waals surface area contributed by atoms with Gasteiger partial charge in [-0.15, -0.1) is 0 Å². The fourth-order valence-corrected chi connectivity index (χ4v) is 0.916. The van der Waals surface area contributed by atoms with Gasteiger partial charge in [0.05, 0.1) is 6.61 Å². The molecule has 0 rings (SSSR count). The molecular weight excluding hydrogens is 176 g/mol. The molecule has 88 valence electrons. The largest absolute Gasteiger partial charge is 0.317 e. The lowest BCUT2D eigenvalue weighted by atomic mass is 10.3. The third kappa shape index (κ3) is 17.8. The summed E-state index contributed by atoms with van der Waals surface area (Å²) in [5.74, 6) is 0. The molecule has 0 saturated carbocycles. The van der Waals surface area contributed by atoms with Crippen LogP contribution in [0.5, 0.6) is 0 Å². The summed E-state index contributed by atoms with van der Waals surface area (Å²) in [4.78, 5) is 5.18. The second-order valence-corrected chi connectivity index (χ2v) is 3.08. The molecule has 0 heterocycles. The number of hydrogen-bond donors (Lipinski definition) is 1. The van der Waals surface area contributed by atoms with Crippen molar-refractivity contribution in [2.45, 2.75) is 40.5 Å². The Balaban J connectivity index is 0. The second-order valence-electron chi connectivity index (χ2n) is 3.08. The zero-order valence-electron chi connectivity index (χ0n) is 10.6. The topological polar surface area (TPSA) is 24.5 Å². The molecule has 3 nitrogen and oxygen atoms in total. The standard InChI is InChI=1S/C7H17NO.C4H11N/c1-4-6-7-8(3)9-5-2;1-3-5-4-2/h4-7H2,1-3H3;5H,3-4H2,1-2H3. The van der Waals surface area contributed by atoms with Crippen LogP contribution in [-0.4, -0.2) is 38.4 Å². The monoisotopic (exact) mass is 204 g/mol. The highest BCUT2D eigenvalue weighted by molar-refractivity contribution is 4.36. The van der Waals surface area contributed by atoms with Crippen LogP contribution in [-0.2, 0) is 4.84 Å². The Morgan fingerprint density at radius 2 is 1.64 bits per heavy atom. The van der Waals surface area contributed by atoms with Gasteiger partial charge in [-0.1, -0.05) is 27.2 Å². The third-order valence-electron chi connectivity index (χ3n) is 1.68.